The number of hydrogen-bond acceptors (Lipinski definition) is 3. The molecule has 2 rings (SSSR count). The fourth-order valence-corrected chi connectivity index (χ4v) is 2.00. The second-order valence-corrected chi connectivity index (χ2v) is 3.96. The fraction of sp³-hybridized carbons (Fsp3) is 0.636. The van der Waals surface area contributed by atoms with Gasteiger partial charge in [-0.3, -0.25) is 0 Å². The van der Waals surface area contributed by atoms with Crippen molar-refractivity contribution >= 4 is 0 Å². The predicted molar refractivity (Wildman–Crippen MR) is 56.0 cm³/mol. The lowest BCUT2D eigenvalue weighted by Crippen LogP contribution is -2.23. The minimum Gasteiger partial charge on any atom is -0.330 e. The standard InChI is InChI=1S/C11H17N3/c1-2-11-13-7-9-5-8(6-12)3-4-10(9)14-11/h7-8H,2-6,12H2,1H3. The van der Waals surface area contributed by atoms with E-state index in [9.17, 15) is 0 Å². The number of hydrogen-bond donors (Lipinski definition) is 1. The molecule has 1 aromatic heterocycles. The second-order valence-electron chi connectivity index (χ2n) is 3.96. The van der Waals surface area contributed by atoms with Gasteiger partial charge in [-0.1, -0.05) is 6.92 Å². The molecule has 0 bridgehead atoms. The SMILES string of the molecule is CCc1ncc2c(n1)CCC(CN)C2. The van der Waals surface area contributed by atoms with Crippen LogP contribution in [0.2, 0.25) is 0 Å². The van der Waals surface area contributed by atoms with Crippen molar-refractivity contribution in [1.82, 2.24) is 9.97 Å². The van der Waals surface area contributed by atoms with Crippen molar-refractivity contribution in [2.24, 2.45) is 11.7 Å². The number of rotatable bonds is 2. The Hall–Kier alpha value is -0.960. The topological polar surface area (TPSA) is 51.8 Å². The summed E-state index contributed by atoms with van der Waals surface area (Å²) in [5.74, 6) is 1.61. The maximum absolute atomic E-state index is 5.68. The largest absolute Gasteiger partial charge is 0.330 e. The van der Waals surface area contributed by atoms with E-state index in [2.05, 4.69) is 16.9 Å². The van der Waals surface area contributed by atoms with Gasteiger partial charge in [0.2, 0.25) is 0 Å². The van der Waals surface area contributed by atoms with Crippen molar-refractivity contribution in [1.29, 1.82) is 0 Å². The van der Waals surface area contributed by atoms with Gasteiger partial charge in [0.1, 0.15) is 5.82 Å². The van der Waals surface area contributed by atoms with E-state index < -0.39 is 0 Å². The lowest BCUT2D eigenvalue weighted by molar-refractivity contribution is 0.460. The van der Waals surface area contributed by atoms with Gasteiger partial charge in [-0.05, 0) is 37.3 Å². The average Bonchev–Trinajstić information content (AvgIpc) is 2.27. The normalized spacial score (nSPS) is 20.6. The predicted octanol–water partition coefficient (Wildman–Crippen LogP) is 1.10. The van der Waals surface area contributed by atoms with Crippen LogP contribution in [0.4, 0.5) is 0 Å². The first-order valence-corrected chi connectivity index (χ1v) is 5.37. The van der Waals surface area contributed by atoms with Gasteiger partial charge in [0.05, 0.1) is 0 Å². The van der Waals surface area contributed by atoms with E-state index in [1.54, 1.807) is 0 Å². The maximum Gasteiger partial charge on any atom is 0.128 e. The molecule has 1 aliphatic carbocycles. The highest BCUT2D eigenvalue weighted by atomic mass is 14.9. The zero-order valence-electron chi connectivity index (χ0n) is 8.66. The van der Waals surface area contributed by atoms with Crippen molar-refractivity contribution in [2.45, 2.75) is 32.6 Å². The van der Waals surface area contributed by atoms with Crippen molar-refractivity contribution in [2.75, 3.05) is 6.54 Å². The summed E-state index contributed by atoms with van der Waals surface area (Å²) in [5.41, 5.74) is 8.24. The summed E-state index contributed by atoms with van der Waals surface area (Å²) in [6.45, 7) is 2.88. The Labute approximate surface area is 84.8 Å². The summed E-state index contributed by atoms with van der Waals surface area (Å²) >= 11 is 0. The highest BCUT2D eigenvalue weighted by Gasteiger charge is 2.18. The third kappa shape index (κ3) is 1.77. The van der Waals surface area contributed by atoms with Crippen LogP contribution in [0, 0.1) is 5.92 Å². The molecule has 0 saturated carbocycles. The van der Waals surface area contributed by atoms with Crippen molar-refractivity contribution in [3.63, 3.8) is 0 Å². The van der Waals surface area contributed by atoms with Crippen LogP contribution < -0.4 is 5.73 Å². The van der Waals surface area contributed by atoms with Gasteiger partial charge < -0.3 is 5.73 Å². The molecule has 1 aliphatic rings. The molecule has 76 valence electrons. The molecular formula is C11H17N3. The van der Waals surface area contributed by atoms with Crippen LogP contribution in [0.15, 0.2) is 6.20 Å². The van der Waals surface area contributed by atoms with Crippen LogP contribution >= 0.6 is 0 Å². The summed E-state index contributed by atoms with van der Waals surface area (Å²) < 4.78 is 0. The van der Waals surface area contributed by atoms with Gasteiger partial charge in [-0.2, -0.15) is 0 Å². The molecule has 1 atom stereocenters. The van der Waals surface area contributed by atoms with Crippen LogP contribution in [-0.4, -0.2) is 16.5 Å². The lowest BCUT2D eigenvalue weighted by atomic mass is 9.87. The van der Waals surface area contributed by atoms with Gasteiger partial charge in [0.25, 0.3) is 0 Å². The van der Waals surface area contributed by atoms with Gasteiger partial charge in [-0.15, -0.1) is 0 Å². The molecule has 0 aromatic carbocycles. The van der Waals surface area contributed by atoms with Crippen LogP contribution in [0.25, 0.3) is 0 Å². The molecule has 3 heteroatoms. The van der Waals surface area contributed by atoms with E-state index in [1.807, 2.05) is 6.20 Å². The summed E-state index contributed by atoms with van der Waals surface area (Å²) in [6.07, 6.45) is 6.24. The molecule has 0 spiro atoms. The first-order valence-electron chi connectivity index (χ1n) is 5.37. The van der Waals surface area contributed by atoms with Crippen LogP contribution in [0.3, 0.4) is 0 Å². The Kier molecular flexibility index (Phi) is 2.77. The number of aromatic nitrogens is 2. The summed E-state index contributed by atoms with van der Waals surface area (Å²) in [5, 5.41) is 0. The van der Waals surface area contributed by atoms with E-state index in [0.29, 0.717) is 5.92 Å². The average molecular weight is 191 g/mol. The van der Waals surface area contributed by atoms with Crippen LogP contribution in [0.1, 0.15) is 30.4 Å². The van der Waals surface area contributed by atoms with E-state index >= 15 is 0 Å². The monoisotopic (exact) mass is 191 g/mol. The second kappa shape index (κ2) is 4.05. The third-order valence-corrected chi connectivity index (χ3v) is 2.95. The molecule has 1 unspecified atom stereocenters. The summed E-state index contributed by atoms with van der Waals surface area (Å²) in [4.78, 5) is 8.88. The lowest BCUT2D eigenvalue weighted by Gasteiger charge is -2.22. The smallest absolute Gasteiger partial charge is 0.128 e. The Morgan fingerprint density at radius 1 is 1.57 bits per heavy atom. The molecule has 0 fully saturated rings. The Morgan fingerprint density at radius 2 is 2.43 bits per heavy atom. The fourth-order valence-electron chi connectivity index (χ4n) is 2.00. The molecule has 3 nitrogen and oxygen atoms in total. The van der Waals surface area contributed by atoms with Gasteiger partial charge in [0.15, 0.2) is 0 Å². The molecule has 1 heterocycles. The zero-order chi connectivity index (χ0) is 9.97. The number of nitrogens with two attached hydrogens (primary N) is 1. The molecule has 0 aliphatic heterocycles. The molecule has 14 heavy (non-hydrogen) atoms. The molecule has 2 N–H and O–H groups in total. The quantitative estimate of drug-likeness (QED) is 0.761. The molecule has 0 amide bonds. The van der Waals surface area contributed by atoms with Crippen molar-refractivity contribution in [3.05, 3.63) is 23.3 Å². The Bertz CT molecular complexity index is 322. The molecule has 0 saturated heterocycles. The molecular weight excluding hydrogens is 174 g/mol. The maximum atomic E-state index is 5.68. The van der Waals surface area contributed by atoms with E-state index in [1.165, 1.54) is 17.7 Å². The Morgan fingerprint density at radius 3 is 3.14 bits per heavy atom. The zero-order valence-corrected chi connectivity index (χ0v) is 8.66. The highest BCUT2D eigenvalue weighted by Crippen LogP contribution is 2.22. The first-order chi connectivity index (χ1) is 6.83. The number of aryl methyl sites for hydroxylation is 2. The number of fused-ring (bicyclic) bond motifs is 1. The van der Waals surface area contributed by atoms with E-state index in [4.69, 9.17) is 5.73 Å². The van der Waals surface area contributed by atoms with Crippen molar-refractivity contribution in [3.8, 4) is 0 Å². The van der Waals surface area contributed by atoms with E-state index in [-0.39, 0.29) is 0 Å². The first kappa shape index (κ1) is 9.59. The van der Waals surface area contributed by atoms with Crippen molar-refractivity contribution < 1.29 is 0 Å². The van der Waals surface area contributed by atoms with Gasteiger partial charge >= 0.3 is 0 Å². The minimum absolute atomic E-state index is 0.638. The van der Waals surface area contributed by atoms with Gasteiger partial charge in [0, 0.05) is 18.3 Å². The van der Waals surface area contributed by atoms with Crippen LogP contribution in [-0.2, 0) is 19.3 Å². The summed E-state index contributed by atoms with van der Waals surface area (Å²) in [6, 6.07) is 0. The molecule has 0 radical (unpaired) electrons. The van der Waals surface area contributed by atoms with Crippen LogP contribution in [0.5, 0.6) is 0 Å². The summed E-state index contributed by atoms with van der Waals surface area (Å²) in [7, 11) is 0. The highest BCUT2D eigenvalue weighted by molar-refractivity contribution is 5.21. The third-order valence-electron chi connectivity index (χ3n) is 2.95. The molecule has 1 aromatic rings. The van der Waals surface area contributed by atoms with E-state index in [0.717, 1.165) is 31.6 Å². The number of nitrogens with zero attached hydrogens (tertiary/aromatic N) is 2. The Balaban J connectivity index is 2.23. The van der Waals surface area contributed by atoms with Gasteiger partial charge in [-0.25, -0.2) is 9.97 Å². The minimum atomic E-state index is 0.638.